The Bertz CT molecular complexity index is 764. The number of rotatable bonds is 2. The molecule has 4 aliphatic rings. The molecule has 0 radical (unpaired) electrons. The van der Waals surface area contributed by atoms with Crippen LogP contribution in [0.5, 0.6) is 0 Å². The van der Waals surface area contributed by atoms with E-state index in [0.717, 1.165) is 18.4 Å². The third-order valence-corrected chi connectivity index (χ3v) is 10.1. The van der Waals surface area contributed by atoms with Crippen molar-refractivity contribution in [1.29, 1.82) is 0 Å². The van der Waals surface area contributed by atoms with Gasteiger partial charge in [0.25, 0.3) is 0 Å². The van der Waals surface area contributed by atoms with Crippen molar-refractivity contribution in [3.8, 4) is 0 Å². The summed E-state index contributed by atoms with van der Waals surface area (Å²) in [7, 11) is 0. The van der Waals surface area contributed by atoms with Crippen molar-refractivity contribution in [2.24, 2.45) is 28.6 Å². The van der Waals surface area contributed by atoms with Gasteiger partial charge in [0.1, 0.15) is 12.2 Å². The average Bonchev–Trinajstić information content (AvgIpc) is 2.84. The molecule has 0 amide bonds. The number of aliphatic hydroxyl groups is 3. The van der Waals surface area contributed by atoms with Gasteiger partial charge in [-0.15, -0.1) is 11.6 Å². The van der Waals surface area contributed by atoms with Crippen molar-refractivity contribution in [1.82, 2.24) is 0 Å². The Hall–Kier alpha value is -0.750. The Morgan fingerprint density at radius 2 is 1.96 bits per heavy atom. The molecule has 28 heavy (non-hydrogen) atoms. The second-order valence-electron chi connectivity index (χ2n) is 10.1. The average molecular weight is 411 g/mol. The van der Waals surface area contributed by atoms with Crippen LogP contribution in [0.15, 0.2) is 11.6 Å². The van der Waals surface area contributed by atoms with Crippen molar-refractivity contribution < 1.29 is 24.9 Å². The monoisotopic (exact) mass is 410 g/mol. The number of alkyl halides is 1. The van der Waals surface area contributed by atoms with Crippen LogP contribution in [0.25, 0.3) is 0 Å². The van der Waals surface area contributed by atoms with Gasteiger partial charge in [0.05, 0.1) is 11.0 Å². The van der Waals surface area contributed by atoms with Gasteiger partial charge in [-0.3, -0.25) is 9.59 Å². The van der Waals surface area contributed by atoms with Gasteiger partial charge >= 0.3 is 0 Å². The van der Waals surface area contributed by atoms with E-state index in [2.05, 4.69) is 6.92 Å². The van der Waals surface area contributed by atoms with Crippen molar-refractivity contribution in [2.75, 3.05) is 6.61 Å². The van der Waals surface area contributed by atoms with Crippen molar-refractivity contribution in [3.05, 3.63) is 11.6 Å². The largest absolute Gasteiger partial charge is 0.391 e. The van der Waals surface area contributed by atoms with Crippen LogP contribution in [0.2, 0.25) is 0 Å². The highest BCUT2D eigenvalue weighted by Gasteiger charge is 2.74. The zero-order chi connectivity index (χ0) is 20.7. The summed E-state index contributed by atoms with van der Waals surface area (Å²) in [4.78, 5) is 23.7. The summed E-state index contributed by atoms with van der Waals surface area (Å²) in [6.07, 6.45) is 4.19. The molecule has 4 aliphatic carbocycles. The highest BCUT2D eigenvalue weighted by atomic mass is 35.5. The maximum atomic E-state index is 12.6. The van der Waals surface area contributed by atoms with Crippen LogP contribution in [-0.2, 0) is 9.59 Å². The summed E-state index contributed by atoms with van der Waals surface area (Å²) < 4.78 is 0. The quantitative estimate of drug-likeness (QED) is 0.607. The van der Waals surface area contributed by atoms with Gasteiger partial charge in [0.2, 0.25) is 0 Å². The molecule has 6 heteroatoms. The van der Waals surface area contributed by atoms with Crippen LogP contribution in [0.3, 0.4) is 0 Å². The number of fused-ring (bicyclic) bond motifs is 5. The second kappa shape index (κ2) is 6.13. The Balaban J connectivity index is 1.83. The highest BCUT2D eigenvalue weighted by Crippen LogP contribution is 2.71. The maximum Gasteiger partial charge on any atom is 0.190 e. The molecule has 3 saturated carbocycles. The van der Waals surface area contributed by atoms with Gasteiger partial charge in [-0.2, -0.15) is 0 Å². The number of ketones is 2. The molecule has 0 aliphatic heterocycles. The zero-order valence-corrected chi connectivity index (χ0v) is 17.6. The fraction of sp³-hybridized carbons (Fsp3) is 0.818. The minimum Gasteiger partial charge on any atom is -0.391 e. The van der Waals surface area contributed by atoms with Gasteiger partial charge in [-0.05, 0) is 55.9 Å². The summed E-state index contributed by atoms with van der Waals surface area (Å²) in [5.41, 5.74) is -1.94. The molecule has 0 saturated heterocycles. The van der Waals surface area contributed by atoms with E-state index >= 15 is 0 Å². The van der Waals surface area contributed by atoms with Gasteiger partial charge in [-0.25, -0.2) is 0 Å². The predicted octanol–water partition coefficient (Wildman–Crippen LogP) is 2.39. The number of allylic oxidation sites excluding steroid dienone is 1. The van der Waals surface area contributed by atoms with Gasteiger partial charge in [0.15, 0.2) is 11.6 Å². The number of hydrogen-bond donors (Lipinski definition) is 3. The Morgan fingerprint density at radius 1 is 1.29 bits per heavy atom. The lowest BCUT2D eigenvalue weighted by atomic mass is 9.45. The van der Waals surface area contributed by atoms with Crippen LogP contribution in [0.1, 0.15) is 59.3 Å². The minimum absolute atomic E-state index is 0.0279. The van der Waals surface area contributed by atoms with Gasteiger partial charge < -0.3 is 15.3 Å². The fourth-order valence-electron chi connectivity index (χ4n) is 7.62. The number of carbonyl (C=O) groups is 2. The molecule has 8 atom stereocenters. The lowest BCUT2D eigenvalue weighted by Crippen LogP contribution is -2.69. The number of carbonyl (C=O) groups excluding carboxylic acids is 2. The third kappa shape index (κ3) is 2.14. The Kier molecular flexibility index (Phi) is 4.49. The van der Waals surface area contributed by atoms with E-state index in [1.165, 1.54) is 0 Å². The summed E-state index contributed by atoms with van der Waals surface area (Å²) in [6, 6.07) is 0. The molecule has 0 aromatic carbocycles. The van der Waals surface area contributed by atoms with Gasteiger partial charge in [-0.1, -0.05) is 26.3 Å². The highest BCUT2D eigenvalue weighted by molar-refractivity contribution is 6.26. The molecule has 4 rings (SSSR count). The summed E-state index contributed by atoms with van der Waals surface area (Å²) in [6.45, 7) is 5.10. The van der Waals surface area contributed by atoms with Crippen molar-refractivity contribution >= 4 is 23.2 Å². The number of aliphatic hydroxyl groups excluding tert-OH is 2. The number of Topliss-reactive ketones (excluding diaryl/α,β-unsaturated/α-hetero) is 1. The molecule has 0 unspecified atom stereocenters. The van der Waals surface area contributed by atoms with E-state index in [0.29, 0.717) is 19.3 Å². The third-order valence-electron chi connectivity index (χ3n) is 9.19. The molecule has 5 nitrogen and oxygen atoms in total. The first-order valence-electron chi connectivity index (χ1n) is 10.4. The van der Waals surface area contributed by atoms with Crippen molar-refractivity contribution in [3.63, 3.8) is 0 Å². The van der Waals surface area contributed by atoms with Crippen LogP contribution in [-0.4, -0.2) is 50.1 Å². The van der Waals surface area contributed by atoms with Crippen LogP contribution in [0.4, 0.5) is 0 Å². The van der Waals surface area contributed by atoms with E-state index in [4.69, 9.17) is 11.6 Å². The first-order chi connectivity index (χ1) is 13.0. The number of hydrogen-bond acceptors (Lipinski definition) is 5. The molecule has 0 aromatic rings. The molecule has 0 spiro atoms. The molecular formula is C22H31ClO5. The van der Waals surface area contributed by atoms with Crippen LogP contribution >= 0.6 is 11.6 Å². The normalized spacial score (nSPS) is 53.1. The fourth-order valence-corrected chi connectivity index (χ4v) is 8.17. The van der Waals surface area contributed by atoms with E-state index in [1.54, 1.807) is 6.08 Å². The van der Waals surface area contributed by atoms with E-state index < -0.39 is 39.8 Å². The van der Waals surface area contributed by atoms with Crippen LogP contribution < -0.4 is 0 Å². The summed E-state index contributed by atoms with van der Waals surface area (Å²) in [5.74, 6) is -0.851. The second-order valence-corrected chi connectivity index (χ2v) is 10.7. The Labute approximate surface area is 171 Å². The summed E-state index contributed by atoms with van der Waals surface area (Å²) in [5, 5.41) is 32.4. The van der Waals surface area contributed by atoms with E-state index in [1.807, 2.05) is 13.8 Å². The molecule has 156 valence electrons. The first kappa shape index (κ1) is 20.5. The molecule has 0 aromatic heterocycles. The van der Waals surface area contributed by atoms with Crippen molar-refractivity contribution in [2.45, 2.75) is 75.9 Å². The first-order valence-corrected chi connectivity index (χ1v) is 10.8. The standard InChI is InChI=1S/C22H31ClO5/c1-12-8-16-15-5-4-13-9-14(25)6-7-19(13,2)21(15,23)17(26)10-20(16,3)22(12,28)18(27)11-24/h9,12,15-17,24,26,28H,4-8,10-11H2,1-3H3/t12-,15+,16+,17+,19+,20+,21+,22+/m1/s1. The van der Waals surface area contributed by atoms with Crippen LogP contribution in [0, 0.1) is 28.6 Å². The minimum atomic E-state index is -1.66. The smallest absolute Gasteiger partial charge is 0.190 e. The lowest BCUT2D eigenvalue weighted by molar-refractivity contribution is -0.181. The summed E-state index contributed by atoms with van der Waals surface area (Å²) >= 11 is 7.35. The SMILES string of the molecule is C[C@@H]1C[C@H]2[C@@H]3CCC4=CC(=O)CC[C@]4(C)[C@@]3(Cl)[C@@H](O)C[C@]2(C)[C@@]1(O)C(=O)CO. The molecule has 3 N–H and O–H groups in total. The predicted molar refractivity (Wildman–Crippen MR) is 105 cm³/mol. The molecule has 0 bridgehead atoms. The zero-order valence-electron chi connectivity index (χ0n) is 16.9. The van der Waals surface area contributed by atoms with E-state index in [-0.39, 0.29) is 30.0 Å². The topological polar surface area (TPSA) is 94.8 Å². The van der Waals surface area contributed by atoms with E-state index in [9.17, 15) is 24.9 Å². The Morgan fingerprint density at radius 3 is 2.61 bits per heavy atom. The maximum absolute atomic E-state index is 12.6. The lowest BCUT2D eigenvalue weighted by Gasteiger charge is -2.64. The number of halogens is 1. The molecule has 0 heterocycles. The molecule has 3 fully saturated rings. The molecular weight excluding hydrogens is 380 g/mol. The van der Waals surface area contributed by atoms with Gasteiger partial charge in [0, 0.05) is 17.3 Å².